The Hall–Kier alpha value is -1.53. The molecule has 1 saturated heterocycles. The van der Waals surface area contributed by atoms with E-state index in [1.807, 2.05) is 0 Å². The molecule has 1 amide bonds. The van der Waals surface area contributed by atoms with Crippen LogP contribution in [0.2, 0.25) is 0 Å². The van der Waals surface area contributed by atoms with E-state index in [0.29, 0.717) is 17.9 Å². The van der Waals surface area contributed by atoms with Crippen LogP contribution in [-0.4, -0.2) is 36.2 Å². The Morgan fingerprint density at radius 2 is 2.16 bits per heavy atom. The Morgan fingerprint density at radius 3 is 2.74 bits per heavy atom. The van der Waals surface area contributed by atoms with Gasteiger partial charge >= 0.3 is 5.97 Å². The van der Waals surface area contributed by atoms with Gasteiger partial charge in [-0.2, -0.15) is 0 Å². The number of benzene rings is 1. The Kier molecular flexibility index (Phi) is 4.81. The molecule has 1 aromatic rings. The van der Waals surface area contributed by atoms with Crippen LogP contribution in [0.15, 0.2) is 24.3 Å². The van der Waals surface area contributed by atoms with Gasteiger partial charge in [0.1, 0.15) is 0 Å². The molecule has 19 heavy (non-hydrogen) atoms. The average Bonchev–Trinajstić information content (AvgIpc) is 2.94. The number of rotatable bonds is 4. The fourth-order valence-electron chi connectivity index (χ4n) is 1.70. The molecule has 0 aromatic heterocycles. The van der Waals surface area contributed by atoms with Gasteiger partial charge in [-0.05, 0) is 31.2 Å². The highest BCUT2D eigenvalue weighted by Gasteiger charge is 2.22. The fraction of sp³-hybridized carbons (Fsp3) is 0.385. The molecule has 1 aliphatic heterocycles. The van der Waals surface area contributed by atoms with E-state index in [4.69, 9.17) is 4.74 Å². The number of carbonyl (C=O) groups is 2. The van der Waals surface area contributed by atoms with Crippen molar-refractivity contribution in [3.8, 4) is 0 Å². The lowest BCUT2D eigenvalue weighted by atomic mass is 10.2. The molecule has 1 unspecified atom stereocenters. The second-order valence-corrected chi connectivity index (χ2v) is 5.09. The van der Waals surface area contributed by atoms with Crippen LogP contribution in [0.1, 0.15) is 17.3 Å². The lowest BCUT2D eigenvalue weighted by Gasteiger charge is -2.10. The molecule has 5 nitrogen and oxygen atoms in total. The zero-order chi connectivity index (χ0) is 13.7. The number of anilines is 1. The summed E-state index contributed by atoms with van der Waals surface area (Å²) in [5, 5.41) is 5.91. The van der Waals surface area contributed by atoms with Gasteiger partial charge in [-0.3, -0.25) is 10.1 Å². The molecule has 6 heteroatoms. The summed E-state index contributed by atoms with van der Waals surface area (Å²) in [6.45, 7) is 2.11. The van der Waals surface area contributed by atoms with Crippen LogP contribution >= 0.6 is 11.8 Å². The number of hydrogen-bond acceptors (Lipinski definition) is 5. The van der Waals surface area contributed by atoms with Gasteiger partial charge < -0.3 is 10.1 Å². The third kappa shape index (κ3) is 3.71. The second kappa shape index (κ2) is 6.58. The maximum atomic E-state index is 11.9. The summed E-state index contributed by atoms with van der Waals surface area (Å²) >= 11 is 1.70. The van der Waals surface area contributed by atoms with Crippen LogP contribution in [0.5, 0.6) is 0 Å². The van der Waals surface area contributed by atoms with Crippen LogP contribution in [-0.2, 0) is 9.53 Å². The molecule has 0 spiro atoms. The molecule has 0 radical (unpaired) electrons. The van der Waals surface area contributed by atoms with E-state index in [-0.39, 0.29) is 17.9 Å². The van der Waals surface area contributed by atoms with Crippen molar-refractivity contribution in [2.75, 3.05) is 23.6 Å². The summed E-state index contributed by atoms with van der Waals surface area (Å²) in [7, 11) is 0. The van der Waals surface area contributed by atoms with Crippen molar-refractivity contribution in [1.29, 1.82) is 0 Å². The summed E-state index contributed by atoms with van der Waals surface area (Å²) in [6, 6.07) is 6.54. The minimum absolute atomic E-state index is 0.0473. The molecular weight excluding hydrogens is 264 g/mol. The highest BCUT2D eigenvalue weighted by molar-refractivity contribution is 7.99. The van der Waals surface area contributed by atoms with E-state index in [2.05, 4.69) is 10.6 Å². The van der Waals surface area contributed by atoms with Crippen LogP contribution in [0.3, 0.4) is 0 Å². The van der Waals surface area contributed by atoms with E-state index in [9.17, 15) is 9.59 Å². The molecule has 0 aliphatic carbocycles. The summed E-state index contributed by atoms with van der Waals surface area (Å²) in [4.78, 5) is 23.3. The zero-order valence-corrected chi connectivity index (χ0v) is 11.5. The highest BCUT2D eigenvalue weighted by Crippen LogP contribution is 2.14. The minimum atomic E-state index is -0.353. The van der Waals surface area contributed by atoms with E-state index in [0.717, 1.165) is 11.6 Å². The van der Waals surface area contributed by atoms with Crippen molar-refractivity contribution in [2.45, 2.75) is 13.0 Å². The first kappa shape index (κ1) is 13.9. The van der Waals surface area contributed by atoms with Gasteiger partial charge in [0, 0.05) is 17.3 Å². The molecule has 2 rings (SSSR count). The van der Waals surface area contributed by atoms with Gasteiger partial charge in [0.2, 0.25) is 5.91 Å². The smallest absolute Gasteiger partial charge is 0.338 e. The normalized spacial score (nSPS) is 18.1. The van der Waals surface area contributed by atoms with E-state index in [1.165, 1.54) is 0 Å². The first-order valence-electron chi connectivity index (χ1n) is 6.10. The predicted molar refractivity (Wildman–Crippen MR) is 75.3 cm³/mol. The third-order valence-electron chi connectivity index (χ3n) is 2.70. The number of amides is 1. The van der Waals surface area contributed by atoms with Crippen molar-refractivity contribution in [1.82, 2.24) is 5.32 Å². The quantitative estimate of drug-likeness (QED) is 0.817. The average molecular weight is 280 g/mol. The topological polar surface area (TPSA) is 67.4 Å². The zero-order valence-electron chi connectivity index (χ0n) is 10.6. The van der Waals surface area contributed by atoms with Crippen LogP contribution < -0.4 is 10.6 Å². The number of esters is 1. The van der Waals surface area contributed by atoms with Gasteiger partial charge in [-0.1, -0.05) is 0 Å². The Balaban J connectivity index is 1.94. The molecule has 1 atom stereocenters. The first-order valence-corrected chi connectivity index (χ1v) is 7.25. The maximum absolute atomic E-state index is 11.9. The molecule has 0 bridgehead atoms. The standard InChI is InChI=1S/C13H16N2O3S/c1-2-18-13(17)9-3-5-10(6-4-9)15-12(16)11-7-19-8-14-11/h3-6,11,14H,2,7-8H2,1H3,(H,15,16). The monoisotopic (exact) mass is 280 g/mol. The van der Waals surface area contributed by atoms with Gasteiger partial charge in [0.15, 0.2) is 0 Å². The summed E-state index contributed by atoms with van der Waals surface area (Å²) in [5.74, 6) is 1.19. The lowest BCUT2D eigenvalue weighted by molar-refractivity contribution is -0.117. The predicted octanol–water partition coefficient (Wildman–Crippen LogP) is 1.46. The summed E-state index contributed by atoms with van der Waals surface area (Å²) < 4.78 is 4.89. The van der Waals surface area contributed by atoms with Crippen LogP contribution in [0.4, 0.5) is 5.69 Å². The molecule has 2 N–H and O–H groups in total. The van der Waals surface area contributed by atoms with Crippen molar-refractivity contribution in [3.63, 3.8) is 0 Å². The second-order valence-electron chi connectivity index (χ2n) is 4.06. The van der Waals surface area contributed by atoms with Crippen LogP contribution in [0, 0.1) is 0 Å². The molecular formula is C13H16N2O3S. The Labute approximate surface area is 116 Å². The molecule has 0 saturated carbocycles. The number of ether oxygens (including phenoxy) is 1. The van der Waals surface area contributed by atoms with Gasteiger partial charge in [-0.25, -0.2) is 4.79 Å². The molecule has 102 valence electrons. The number of thioether (sulfide) groups is 1. The van der Waals surface area contributed by atoms with Gasteiger partial charge in [-0.15, -0.1) is 11.8 Å². The first-order chi connectivity index (χ1) is 9.20. The largest absolute Gasteiger partial charge is 0.462 e. The number of nitrogens with one attached hydrogen (secondary N) is 2. The van der Waals surface area contributed by atoms with E-state index in [1.54, 1.807) is 43.0 Å². The summed E-state index contributed by atoms with van der Waals surface area (Å²) in [6.07, 6.45) is 0. The molecule has 1 fully saturated rings. The van der Waals surface area contributed by atoms with E-state index < -0.39 is 0 Å². The maximum Gasteiger partial charge on any atom is 0.338 e. The molecule has 1 aliphatic rings. The van der Waals surface area contributed by atoms with Crippen molar-refractivity contribution >= 4 is 29.3 Å². The molecule has 1 heterocycles. The Morgan fingerprint density at radius 1 is 1.42 bits per heavy atom. The SMILES string of the molecule is CCOC(=O)c1ccc(NC(=O)C2CSCN2)cc1. The summed E-state index contributed by atoms with van der Waals surface area (Å²) in [5.41, 5.74) is 1.16. The van der Waals surface area contributed by atoms with Crippen molar-refractivity contribution < 1.29 is 14.3 Å². The van der Waals surface area contributed by atoms with E-state index >= 15 is 0 Å². The third-order valence-corrected chi connectivity index (χ3v) is 3.64. The minimum Gasteiger partial charge on any atom is -0.462 e. The van der Waals surface area contributed by atoms with Crippen LogP contribution in [0.25, 0.3) is 0 Å². The highest BCUT2D eigenvalue weighted by atomic mass is 32.2. The van der Waals surface area contributed by atoms with Gasteiger partial charge in [0.25, 0.3) is 0 Å². The number of carbonyl (C=O) groups excluding carboxylic acids is 2. The molecule has 1 aromatic carbocycles. The number of hydrogen-bond donors (Lipinski definition) is 2. The lowest BCUT2D eigenvalue weighted by Crippen LogP contribution is -2.37. The van der Waals surface area contributed by atoms with Gasteiger partial charge in [0.05, 0.1) is 18.2 Å². The van der Waals surface area contributed by atoms with Crippen molar-refractivity contribution in [3.05, 3.63) is 29.8 Å². The Bertz CT molecular complexity index is 455. The fourth-order valence-corrected chi connectivity index (χ4v) is 2.64. The van der Waals surface area contributed by atoms with Crippen molar-refractivity contribution in [2.24, 2.45) is 0 Å².